The van der Waals surface area contributed by atoms with Crippen molar-refractivity contribution in [1.82, 2.24) is 10.3 Å². The normalized spacial score (nSPS) is 34.5. The fourth-order valence-corrected chi connectivity index (χ4v) is 5.39. The van der Waals surface area contributed by atoms with Crippen molar-refractivity contribution in [3.05, 3.63) is 21.7 Å². The third-order valence-electron chi connectivity index (χ3n) is 8.09. The molecule has 2 fully saturated rings. The minimum atomic E-state index is -0.909. The van der Waals surface area contributed by atoms with Gasteiger partial charge in [-0.25, -0.2) is 4.98 Å². The summed E-state index contributed by atoms with van der Waals surface area (Å²) >= 11 is 1.60. The van der Waals surface area contributed by atoms with Crippen molar-refractivity contribution in [2.24, 2.45) is 11.3 Å². The Hall–Kier alpha value is -1.57. The Labute approximate surface area is 202 Å². The predicted octanol–water partition coefficient (Wildman–Crippen LogP) is 5.10. The molecule has 2 aliphatic rings. The highest BCUT2D eigenvalue weighted by Gasteiger charge is 2.68. The van der Waals surface area contributed by atoms with E-state index in [-0.39, 0.29) is 23.8 Å². The standard InChI is InChI=1S/C26H40N2O4S/c1-17-10-11-21(29)9-8-13-27-14-12-22-26(7,31-22)24(4,5)25(6,32-23(17)30)18(2)15-20-16-33-19(3)28-20/h15-17,22,27H,8-14H2,1-7H3. The number of rotatable bonds is 2. The lowest BCUT2D eigenvalue weighted by Crippen LogP contribution is -2.55. The van der Waals surface area contributed by atoms with Crippen LogP contribution in [0.3, 0.4) is 0 Å². The average Bonchev–Trinajstić information content (AvgIpc) is 3.25. The zero-order valence-electron chi connectivity index (χ0n) is 21.2. The molecule has 0 spiro atoms. The van der Waals surface area contributed by atoms with Gasteiger partial charge in [0.2, 0.25) is 0 Å². The van der Waals surface area contributed by atoms with Gasteiger partial charge in [-0.1, -0.05) is 20.8 Å². The highest BCUT2D eigenvalue weighted by molar-refractivity contribution is 7.09. The van der Waals surface area contributed by atoms with Crippen LogP contribution in [0.1, 0.15) is 84.3 Å². The van der Waals surface area contributed by atoms with Crippen LogP contribution in [-0.4, -0.2) is 47.1 Å². The Balaban J connectivity index is 1.96. The van der Waals surface area contributed by atoms with E-state index in [2.05, 4.69) is 31.1 Å². The summed E-state index contributed by atoms with van der Waals surface area (Å²) in [4.78, 5) is 30.1. The van der Waals surface area contributed by atoms with Crippen molar-refractivity contribution in [3.63, 3.8) is 0 Å². The molecule has 0 aliphatic carbocycles. The number of nitrogens with one attached hydrogen (secondary N) is 1. The number of aryl methyl sites for hydroxylation is 1. The van der Waals surface area contributed by atoms with Crippen LogP contribution in [0.5, 0.6) is 0 Å². The van der Waals surface area contributed by atoms with E-state index >= 15 is 0 Å². The maximum Gasteiger partial charge on any atom is 0.309 e. The van der Waals surface area contributed by atoms with Crippen molar-refractivity contribution in [2.75, 3.05) is 13.1 Å². The lowest BCUT2D eigenvalue weighted by molar-refractivity contribution is -0.174. The second-order valence-corrected chi connectivity index (χ2v) is 11.6. The summed E-state index contributed by atoms with van der Waals surface area (Å²) < 4.78 is 12.7. The van der Waals surface area contributed by atoms with Crippen molar-refractivity contribution in [2.45, 2.75) is 97.9 Å². The number of hydrogen-bond donors (Lipinski definition) is 1. The number of carbonyl (C=O) groups excluding carboxylic acids is 2. The van der Waals surface area contributed by atoms with Crippen LogP contribution in [0.15, 0.2) is 11.0 Å². The monoisotopic (exact) mass is 476 g/mol. The molecule has 6 nitrogen and oxygen atoms in total. The molecule has 1 aromatic heterocycles. The van der Waals surface area contributed by atoms with Gasteiger partial charge < -0.3 is 14.8 Å². The van der Waals surface area contributed by atoms with E-state index in [4.69, 9.17) is 9.47 Å². The molecule has 2 aliphatic heterocycles. The Morgan fingerprint density at radius 1 is 1.18 bits per heavy atom. The summed E-state index contributed by atoms with van der Waals surface area (Å²) in [5, 5.41) is 6.46. The fraction of sp³-hybridized carbons (Fsp3) is 0.731. The molecule has 2 saturated heterocycles. The number of Topliss-reactive ketones (excluding diaryl/α,β-unsaturated/α-hetero) is 1. The van der Waals surface area contributed by atoms with Gasteiger partial charge in [-0.05, 0) is 71.7 Å². The zero-order valence-corrected chi connectivity index (χ0v) is 22.1. The van der Waals surface area contributed by atoms with Gasteiger partial charge in [0, 0.05) is 23.6 Å². The largest absolute Gasteiger partial charge is 0.454 e. The number of hydrogen-bond acceptors (Lipinski definition) is 7. The van der Waals surface area contributed by atoms with Gasteiger partial charge in [-0.15, -0.1) is 11.3 Å². The van der Waals surface area contributed by atoms with Gasteiger partial charge in [-0.2, -0.15) is 0 Å². The van der Waals surface area contributed by atoms with Crippen LogP contribution in [0.2, 0.25) is 0 Å². The Morgan fingerprint density at radius 2 is 1.91 bits per heavy atom. The number of epoxide rings is 1. The molecule has 3 heterocycles. The summed E-state index contributed by atoms with van der Waals surface area (Å²) in [6.07, 6.45) is 5.27. The number of cyclic esters (lactones) is 1. The molecule has 0 amide bonds. The first-order valence-electron chi connectivity index (χ1n) is 12.1. The second-order valence-electron chi connectivity index (χ2n) is 10.5. The molecule has 3 rings (SSSR count). The van der Waals surface area contributed by atoms with Crippen LogP contribution < -0.4 is 5.32 Å². The van der Waals surface area contributed by atoms with Gasteiger partial charge >= 0.3 is 5.97 Å². The fourth-order valence-electron chi connectivity index (χ4n) is 4.82. The minimum Gasteiger partial charge on any atom is -0.454 e. The predicted molar refractivity (Wildman–Crippen MR) is 132 cm³/mol. The summed E-state index contributed by atoms with van der Waals surface area (Å²) in [7, 11) is 0. The summed E-state index contributed by atoms with van der Waals surface area (Å²) in [5.41, 5.74) is -0.0277. The van der Waals surface area contributed by atoms with Gasteiger partial charge in [0.15, 0.2) is 0 Å². The van der Waals surface area contributed by atoms with Gasteiger partial charge in [0.1, 0.15) is 17.0 Å². The summed E-state index contributed by atoms with van der Waals surface area (Å²) in [5.74, 6) is -0.414. The van der Waals surface area contributed by atoms with Gasteiger partial charge in [0.25, 0.3) is 0 Å². The third-order valence-corrected chi connectivity index (χ3v) is 8.88. The first-order valence-corrected chi connectivity index (χ1v) is 13.0. The van der Waals surface area contributed by atoms with E-state index in [9.17, 15) is 9.59 Å². The maximum atomic E-state index is 13.3. The molecule has 0 saturated carbocycles. The molecule has 0 aromatic carbocycles. The number of ketones is 1. The average molecular weight is 477 g/mol. The van der Waals surface area contributed by atoms with E-state index in [1.807, 2.05) is 39.2 Å². The molecule has 7 heteroatoms. The number of fused-ring (bicyclic) bond motifs is 1. The van der Waals surface area contributed by atoms with Crippen molar-refractivity contribution in [1.29, 1.82) is 0 Å². The van der Waals surface area contributed by atoms with Crippen LogP contribution in [0.4, 0.5) is 0 Å². The number of ether oxygens (including phenoxy) is 2. The van der Waals surface area contributed by atoms with E-state index in [1.165, 1.54) is 0 Å². The maximum absolute atomic E-state index is 13.3. The minimum absolute atomic E-state index is 0.0827. The lowest BCUT2D eigenvalue weighted by atomic mass is 9.63. The SMILES string of the molecule is CC(=Cc1csc(C)n1)C1(C)OC(=O)C(C)CCC(=O)CCCNCCC2OC2(C)C1(C)C. The highest BCUT2D eigenvalue weighted by atomic mass is 32.1. The molecule has 1 aromatic rings. The number of aromatic nitrogens is 1. The van der Waals surface area contributed by atoms with E-state index in [1.54, 1.807) is 11.3 Å². The smallest absolute Gasteiger partial charge is 0.309 e. The Kier molecular flexibility index (Phi) is 7.86. The van der Waals surface area contributed by atoms with Crippen molar-refractivity contribution in [3.8, 4) is 0 Å². The van der Waals surface area contributed by atoms with Crippen molar-refractivity contribution >= 4 is 29.2 Å². The van der Waals surface area contributed by atoms with Crippen molar-refractivity contribution < 1.29 is 19.1 Å². The Bertz CT molecular complexity index is 908. The lowest BCUT2D eigenvalue weighted by Gasteiger charge is -2.47. The van der Waals surface area contributed by atoms with E-state index in [0.29, 0.717) is 19.3 Å². The van der Waals surface area contributed by atoms with Crippen LogP contribution >= 0.6 is 11.3 Å². The van der Waals surface area contributed by atoms with Gasteiger partial charge in [0.05, 0.1) is 22.7 Å². The quantitative estimate of drug-likeness (QED) is 0.472. The molecular weight excluding hydrogens is 436 g/mol. The molecular formula is C26H40N2O4S. The van der Waals surface area contributed by atoms with Crippen LogP contribution in [0.25, 0.3) is 6.08 Å². The molecule has 1 N–H and O–H groups in total. The van der Waals surface area contributed by atoms with Crippen LogP contribution in [0, 0.1) is 18.3 Å². The molecule has 33 heavy (non-hydrogen) atoms. The number of nitrogens with zero attached hydrogens (tertiary/aromatic N) is 1. The summed E-state index contributed by atoms with van der Waals surface area (Å²) in [6, 6.07) is 0. The molecule has 184 valence electrons. The first-order chi connectivity index (χ1) is 15.4. The van der Waals surface area contributed by atoms with E-state index < -0.39 is 16.6 Å². The number of thiazole rings is 1. The second kappa shape index (κ2) is 9.96. The first kappa shape index (κ1) is 26.0. The third kappa shape index (κ3) is 5.41. The van der Waals surface area contributed by atoms with Gasteiger partial charge in [-0.3, -0.25) is 9.59 Å². The number of carbonyl (C=O) groups is 2. The number of esters is 1. The Morgan fingerprint density at radius 3 is 2.58 bits per heavy atom. The highest BCUT2D eigenvalue weighted by Crippen LogP contribution is 2.59. The molecule has 4 atom stereocenters. The van der Waals surface area contributed by atoms with Crippen LogP contribution in [-0.2, 0) is 19.1 Å². The molecule has 0 radical (unpaired) electrons. The topological polar surface area (TPSA) is 80.8 Å². The zero-order chi connectivity index (χ0) is 24.4. The molecule has 0 bridgehead atoms. The van der Waals surface area contributed by atoms with E-state index in [0.717, 1.165) is 42.2 Å². The summed E-state index contributed by atoms with van der Waals surface area (Å²) in [6.45, 7) is 15.9. The molecule has 4 unspecified atom stereocenters.